The van der Waals surface area contributed by atoms with Crippen molar-refractivity contribution in [3.05, 3.63) is 29.8 Å². The van der Waals surface area contributed by atoms with E-state index in [0.717, 1.165) is 30.0 Å². The minimum Gasteiger partial charge on any atom is -0.497 e. The van der Waals surface area contributed by atoms with E-state index in [1.54, 1.807) is 7.11 Å². The quantitative estimate of drug-likeness (QED) is 0.843. The maximum absolute atomic E-state index is 11.7. The topological polar surface area (TPSA) is 50.4 Å². The molecule has 1 atom stereocenters. The lowest BCUT2D eigenvalue weighted by Gasteiger charge is -2.21. The van der Waals surface area contributed by atoms with Crippen molar-refractivity contribution in [1.29, 1.82) is 0 Å². The van der Waals surface area contributed by atoms with Crippen molar-refractivity contribution < 1.29 is 9.53 Å². The van der Waals surface area contributed by atoms with Gasteiger partial charge in [0.05, 0.1) is 7.11 Å². The van der Waals surface area contributed by atoms with Gasteiger partial charge in [-0.05, 0) is 24.1 Å². The number of carbonyl (C=O) groups is 1. The first-order chi connectivity index (χ1) is 10.3. The monoisotopic (exact) mass is 326 g/mol. The number of rotatable bonds is 6. The highest BCUT2D eigenvalue weighted by Crippen LogP contribution is 2.23. The lowest BCUT2D eigenvalue weighted by atomic mass is 10.1. The summed E-state index contributed by atoms with van der Waals surface area (Å²) in [4.78, 5) is 11.7. The molecule has 1 fully saturated rings. The molecule has 21 heavy (non-hydrogen) atoms. The third kappa shape index (κ3) is 6.09. The van der Waals surface area contributed by atoms with E-state index in [9.17, 15) is 4.79 Å². The summed E-state index contributed by atoms with van der Waals surface area (Å²) in [5, 5.41) is 6.40. The van der Waals surface area contributed by atoms with Crippen molar-refractivity contribution >= 4 is 29.6 Å². The Balaban J connectivity index is 1.62. The lowest BCUT2D eigenvalue weighted by Crippen LogP contribution is -2.40. The summed E-state index contributed by atoms with van der Waals surface area (Å²) < 4.78 is 5.18. The van der Waals surface area contributed by atoms with Crippen molar-refractivity contribution in [1.82, 2.24) is 10.6 Å². The third-order valence-electron chi connectivity index (χ3n) is 3.21. The fourth-order valence-electron chi connectivity index (χ4n) is 2.07. The van der Waals surface area contributed by atoms with E-state index in [4.69, 9.17) is 4.74 Å². The van der Waals surface area contributed by atoms with Crippen LogP contribution in [-0.4, -0.2) is 48.7 Å². The predicted molar refractivity (Wildman–Crippen MR) is 91.7 cm³/mol. The molecule has 116 valence electrons. The molecule has 1 heterocycles. The molecule has 4 nitrogen and oxygen atoms in total. The number of urea groups is 1. The van der Waals surface area contributed by atoms with Gasteiger partial charge in [0.2, 0.25) is 0 Å². The molecule has 1 aliphatic heterocycles. The third-order valence-corrected chi connectivity index (χ3v) is 6.05. The van der Waals surface area contributed by atoms with Crippen LogP contribution in [-0.2, 0) is 6.42 Å². The summed E-state index contributed by atoms with van der Waals surface area (Å²) in [6, 6.07) is 7.84. The zero-order valence-corrected chi connectivity index (χ0v) is 13.9. The Morgan fingerprint density at radius 1 is 1.38 bits per heavy atom. The Labute approximate surface area is 134 Å². The van der Waals surface area contributed by atoms with Crippen LogP contribution in [0.5, 0.6) is 5.75 Å². The first-order valence-electron chi connectivity index (χ1n) is 7.12. The first-order valence-corrected chi connectivity index (χ1v) is 9.32. The van der Waals surface area contributed by atoms with E-state index in [1.807, 2.05) is 47.8 Å². The number of benzene rings is 1. The number of hydrogen-bond donors (Lipinski definition) is 2. The highest BCUT2D eigenvalue weighted by atomic mass is 32.2. The molecule has 6 heteroatoms. The van der Waals surface area contributed by atoms with Crippen LogP contribution in [0.4, 0.5) is 4.79 Å². The predicted octanol–water partition coefficient (Wildman–Crippen LogP) is 2.39. The van der Waals surface area contributed by atoms with E-state index in [1.165, 1.54) is 11.5 Å². The minimum atomic E-state index is -0.0749. The summed E-state index contributed by atoms with van der Waals surface area (Å²) in [6.07, 6.45) is 0.804. The maximum Gasteiger partial charge on any atom is 0.314 e. The Morgan fingerprint density at radius 2 is 2.29 bits per heavy atom. The van der Waals surface area contributed by atoms with Crippen molar-refractivity contribution in [2.24, 2.45) is 0 Å². The molecule has 1 saturated heterocycles. The Bertz CT molecular complexity index is 451. The highest BCUT2D eigenvalue weighted by Gasteiger charge is 2.14. The van der Waals surface area contributed by atoms with Crippen LogP contribution in [0.25, 0.3) is 0 Å². The number of carbonyl (C=O) groups excluding carboxylic acids is 1. The van der Waals surface area contributed by atoms with Gasteiger partial charge in [0.1, 0.15) is 5.75 Å². The fourth-order valence-corrected chi connectivity index (χ4v) is 4.68. The van der Waals surface area contributed by atoms with Crippen molar-refractivity contribution in [3.8, 4) is 5.75 Å². The second-order valence-electron chi connectivity index (χ2n) is 4.81. The average Bonchev–Trinajstić information content (AvgIpc) is 2.54. The van der Waals surface area contributed by atoms with E-state index < -0.39 is 0 Å². The van der Waals surface area contributed by atoms with E-state index in [2.05, 4.69) is 10.6 Å². The molecular weight excluding hydrogens is 304 g/mol. The molecule has 0 bridgehead atoms. The van der Waals surface area contributed by atoms with Crippen molar-refractivity contribution in [2.45, 2.75) is 11.7 Å². The largest absolute Gasteiger partial charge is 0.497 e. The van der Waals surface area contributed by atoms with Gasteiger partial charge in [0.15, 0.2) is 0 Å². The average molecular weight is 326 g/mol. The van der Waals surface area contributed by atoms with Crippen LogP contribution in [0.2, 0.25) is 0 Å². The molecule has 1 aliphatic rings. The molecule has 0 radical (unpaired) electrons. The summed E-state index contributed by atoms with van der Waals surface area (Å²) >= 11 is 3.92. The van der Waals surface area contributed by atoms with Crippen LogP contribution in [0.15, 0.2) is 24.3 Å². The summed E-state index contributed by atoms with van der Waals surface area (Å²) in [7, 11) is 1.66. The van der Waals surface area contributed by atoms with Gasteiger partial charge >= 0.3 is 6.03 Å². The van der Waals surface area contributed by atoms with Gasteiger partial charge in [-0.1, -0.05) is 12.1 Å². The number of methoxy groups -OCH3 is 1. The lowest BCUT2D eigenvalue weighted by molar-refractivity contribution is 0.241. The Hall–Kier alpha value is -1.01. The van der Waals surface area contributed by atoms with Gasteiger partial charge in [0.25, 0.3) is 0 Å². The SMILES string of the molecule is COc1cccc(CCNC(=O)NCC2CSCCS2)c1. The second-order valence-corrected chi connectivity index (χ2v) is 7.36. The maximum atomic E-state index is 11.7. The Kier molecular flexibility index (Phi) is 7.09. The summed E-state index contributed by atoms with van der Waals surface area (Å²) in [5.41, 5.74) is 1.16. The molecule has 0 aliphatic carbocycles. The fraction of sp³-hybridized carbons (Fsp3) is 0.533. The van der Waals surface area contributed by atoms with Gasteiger partial charge in [0, 0.05) is 35.6 Å². The van der Waals surface area contributed by atoms with Gasteiger partial charge in [-0.3, -0.25) is 0 Å². The molecule has 2 N–H and O–H groups in total. The molecular formula is C15H22N2O2S2. The first kappa shape index (κ1) is 16.4. The van der Waals surface area contributed by atoms with Crippen LogP contribution in [0.1, 0.15) is 5.56 Å². The van der Waals surface area contributed by atoms with Gasteiger partial charge < -0.3 is 15.4 Å². The molecule has 2 amide bonds. The highest BCUT2D eigenvalue weighted by molar-refractivity contribution is 8.06. The van der Waals surface area contributed by atoms with Crippen molar-refractivity contribution in [2.75, 3.05) is 37.5 Å². The van der Waals surface area contributed by atoms with Gasteiger partial charge in [-0.15, -0.1) is 0 Å². The minimum absolute atomic E-state index is 0.0749. The van der Waals surface area contributed by atoms with Gasteiger partial charge in [-0.2, -0.15) is 23.5 Å². The van der Waals surface area contributed by atoms with E-state index in [0.29, 0.717) is 11.8 Å². The standard InChI is InChI=1S/C15H22N2O2S2/c1-19-13-4-2-3-12(9-13)5-6-16-15(18)17-10-14-11-20-7-8-21-14/h2-4,9,14H,5-8,10-11H2,1H3,(H2,16,17,18). The molecule has 0 spiro atoms. The zero-order chi connectivity index (χ0) is 14.9. The van der Waals surface area contributed by atoms with Crippen LogP contribution < -0.4 is 15.4 Å². The smallest absolute Gasteiger partial charge is 0.314 e. The molecule has 1 aromatic carbocycles. The normalized spacial score (nSPS) is 18.0. The molecule has 1 unspecified atom stereocenters. The van der Waals surface area contributed by atoms with E-state index >= 15 is 0 Å². The molecule has 1 aromatic rings. The zero-order valence-electron chi connectivity index (χ0n) is 12.3. The molecule has 0 saturated carbocycles. The number of ether oxygens (including phenoxy) is 1. The Morgan fingerprint density at radius 3 is 3.05 bits per heavy atom. The van der Waals surface area contributed by atoms with Crippen LogP contribution >= 0.6 is 23.5 Å². The van der Waals surface area contributed by atoms with Crippen LogP contribution in [0.3, 0.4) is 0 Å². The molecule has 0 aromatic heterocycles. The number of thioether (sulfide) groups is 2. The van der Waals surface area contributed by atoms with Crippen LogP contribution in [0, 0.1) is 0 Å². The number of hydrogen-bond acceptors (Lipinski definition) is 4. The summed E-state index contributed by atoms with van der Waals surface area (Å²) in [6.45, 7) is 1.38. The van der Waals surface area contributed by atoms with Crippen molar-refractivity contribution in [3.63, 3.8) is 0 Å². The van der Waals surface area contributed by atoms with Gasteiger partial charge in [-0.25, -0.2) is 4.79 Å². The molecule has 2 rings (SSSR count). The van der Waals surface area contributed by atoms with E-state index in [-0.39, 0.29) is 6.03 Å². The summed E-state index contributed by atoms with van der Waals surface area (Å²) in [5.74, 6) is 4.40. The number of nitrogens with one attached hydrogen (secondary N) is 2. The second kappa shape index (κ2) is 9.10. The number of amides is 2.